The van der Waals surface area contributed by atoms with Crippen LogP contribution in [-0.4, -0.2) is 12.1 Å². The average Bonchev–Trinajstić information content (AvgIpc) is 3.22. The number of anilines is 1. The van der Waals surface area contributed by atoms with Crippen molar-refractivity contribution in [2.24, 2.45) is 4.99 Å². The summed E-state index contributed by atoms with van der Waals surface area (Å²) in [6, 6.07) is 25.4. The molecule has 0 fully saturated rings. The summed E-state index contributed by atoms with van der Waals surface area (Å²) in [5, 5.41) is 8.75. The van der Waals surface area contributed by atoms with Crippen LogP contribution in [0.1, 0.15) is 63.2 Å². The van der Waals surface area contributed by atoms with Gasteiger partial charge in [0, 0.05) is 22.3 Å². The second-order valence-electron chi connectivity index (χ2n) is 10.4. The van der Waals surface area contributed by atoms with E-state index in [9.17, 15) is 4.79 Å². The molecule has 0 unspecified atom stereocenters. The molecule has 5 aromatic rings. The fourth-order valence-electron chi connectivity index (χ4n) is 5.78. The molecule has 1 N–H and O–H groups in total. The largest absolute Gasteiger partial charge is 0.322 e. The summed E-state index contributed by atoms with van der Waals surface area (Å²) in [6.45, 7) is 4.13. The third-order valence-corrected chi connectivity index (χ3v) is 8.68. The zero-order chi connectivity index (χ0) is 26.1. The molecule has 1 aromatic heterocycles. The molecule has 0 radical (unpaired) electrons. The maximum atomic E-state index is 13.8. The van der Waals surface area contributed by atoms with Gasteiger partial charge in [0.05, 0.1) is 5.56 Å². The van der Waals surface area contributed by atoms with Crippen molar-refractivity contribution < 1.29 is 4.79 Å². The van der Waals surface area contributed by atoms with E-state index in [1.807, 2.05) is 18.3 Å². The van der Waals surface area contributed by atoms with Gasteiger partial charge in [-0.15, -0.1) is 11.3 Å². The molecule has 0 bridgehead atoms. The fourth-order valence-corrected chi connectivity index (χ4v) is 7.01. The van der Waals surface area contributed by atoms with Gasteiger partial charge in [0.1, 0.15) is 5.00 Å². The molecule has 1 aliphatic rings. The first-order valence-electron chi connectivity index (χ1n) is 13.6. The van der Waals surface area contributed by atoms with Crippen LogP contribution in [0.3, 0.4) is 0 Å². The zero-order valence-corrected chi connectivity index (χ0v) is 22.8. The molecule has 0 atom stereocenters. The molecule has 0 saturated heterocycles. The molecule has 1 aliphatic carbocycles. The summed E-state index contributed by atoms with van der Waals surface area (Å²) in [5.74, 6) is -0.0528. The topological polar surface area (TPSA) is 41.5 Å². The van der Waals surface area contributed by atoms with Crippen molar-refractivity contribution in [2.75, 3.05) is 5.32 Å². The first-order valence-corrected chi connectivity index (χ1v) is 14.4. The quantitative estimate of drug-likeness (QED) is 0.188. The van der Waals surface area contributed by atoms with Crippen LogP contribution >= 0.6 is 11.3 Å². The van der Waals surface area contributed by atoms with E-state index < -0.39 is 0 Å². The van der Waals surface area contributed by atoms with Crippen molar-refractivity contribution >= 4 is 55.7 Å². The van der Waals surface area contributed by atoms with Crippen LogP contribution < -0.4 is 5.32 Å². The van der Waals surface area contributed by atoms with Gasteiger partial charge in [0.25, 0.3) is 5.91 Å². The third kappa shape index (κ3) is 4.89. The van der Waals surface area contributed by atoms with Gasteiger partial charge in [-0.05, 0) is 96.0 Å². The second kappa shape index (κ2) is 10.5. The number of benzene rings is 4. The van der Waals surface area contributed by atoms with Crippen molar-refractivity contribution in [3.8, 4) is 0 Å². The SMILES string of the molecule is Cc1cc(C)cc(NC(=O)c2c(N=Cc3c4ccccc4cc4ccccc34)sc3c2CCCCCC3)c1. The van der Waals surface area contributed by atoms with Crippen molar-refractivity contribution in [2.45, 2.75) is 52.4 Å². The molecule has 1 amide bonds. The Hall–Kier alpha value is -3.76. The molecule has 3 nitrogen and oxygen atoms in total. The lowest BCUT2D eigenvalue weighted by Crippen LogP contribution is -2.14. The van der Waals surface area contributed by atoms with Crippen LogP contribution in [0.25, 0.3) is 21.5 Å². The summed E-state index contributed by atoms with van der Waals surface area (Å²) in [6.07, 6.45) is 8.70. The van der Waals surface area contributed by atoms with E-state index in [4.69, 9.17) is 4.99 Å². The van der Waals surface area contributed by atoms with Gasteiger partial charge in [0.15, 0.2) is 0 Å². The molecule has 0 aliphatic heterocycles. The Kier molecular flexibility index (Phi) is 6.82. The van der Waals surface area contributed by atoms with Gasteiger partial charge in [-0.3, -0.25) is 4.79 Å². The van der Waals surface area contributed by atoms with Crippen LogP contribution in [0.4, 0.5) is 10.7 Å². The van der Waals surface area contributed by atoms with E-state index in [0.29, 0.717) is 0 Å². The minimum absolute atomic E-state index is 0.0528. The number of hydrogen-bond donors (Lipinski definition) is 1. The lowest BCUT2D eigenvalue weighted by molar-refractivity contribution is 0.102. The number of aliphatic imine (C=N–C) groups is 1. The summed E-state index contributed by atoms with van der Waals surface area (Å²) in [7, 11) is 0. The van der Waals surface area contributed by atoms with Crippen LogP contribution in [0.15, 0.2) is 77.8 Å². The van der Waals surface area contributed by atoms with Gasteiger partial charge in [-0.1, -0.05) is 67.4 Å². The van der Waals surface area contributed by atoms with E-state index in [2.05, 4.69) is 79.8 Å². The summed E-state index contributed by atoms with van der Waals surface area (Å²) in [5.41, 5.74) is 6.18. The van der Waals surface area contributed by atoms with Crippen LogP contribution in [0.2, 0.25) is 0 Å². The standard InChI is InChI=1S/C34H32N2OS/c1-22-17-23(2)19-26(18-22)36-33(37)32-29-15-5-3-4-6-16-31(29)38-34(32)35-21-30-27-13-9-7-11-24(27)20-25-12-8-10-14-28(25)30/h7-14,17-21H,3-6,15-16H2,1-2H3,(H,36,37). The van der Waals surface area contributed by atoms with Gasteiger partial charge >= 0.3 is 0 Å². The molecule has 6 rings (SSSR count). The molecule has 0 saturated carbocycles. The molecule has 190 valence electrons. The normalized spacial score (nSPS) is 13.9. The Bertz CT molecular complexity index is 1620. The number of rotatable bonds is 4. The Morgan fingerprint density at radius 2 is 1.45 bits per heavy atom. The number of aryl methyl sites for hydroxylation is 3. The summed E-state index contributed by atoms with van der Waals surface area (Å²) < 4.78 is 0. The number of thiophene rings is 1. The predicted octanol–water partition coefficient (Wildman–Crippen LogP) is 9.33. The molecule has 4 heteroatoms. The van der Waals surface area contributed by atoms with Gasteiger partial charge < -0.3 is 5.32 Å². The minimum atomic E-state index is -0.0528. The second-order valence-corrected chi connectivity index (χ2v) is 11.5. The van der Waals surface area contributed by atoms with Crippen molar-refractivity contribution in [3.05, 3.63) is 105 Å². The fraction of sp³-hybridized carbons (Fsp3) is 0.235. The Balaban J connectivity index is 1.47. The lowest BCUT2D eigenvalue weighted by Gasteiger charge is -2.12. The molecular formula is C34H32N2OS. The smallest absolute Gasteiger partial charge is 0.259 e. The minimum Gasteiger partial charge on any atom is -0.322 e. The molecule has 0 spiro atoms. The number of carbonyl (C=O) groups excluding carboxylic acids is 1. The summed E-state index contributed by atoms with van der Waals surface area (Å²) >= 11 is 1.70. The first-order chi connectivity index (χ1) is 18.6. The lowest BCUT2D eigenvalue weighted by atomic mass is 9.96. The number of nitrogens with one attached hydrogen (secondary N) is 1. The highest BCUT2D eigenvalue weighted by Gasteiger charge is 2.24. The molecular weight excluding hydrogens is 484 g/mol. The maximum Gasteiger partial charge on any atom is 0.259 e. The molecule has 38 heavy (non-hydrogen) atoms. The van der Waals surface area contributed by atoms with E-state index in [0.717, 1.165) is 52.2 Å². The number of nitrogens with zero attached hydrogens (tertiary/aromatic N) is 1. The van der Waals surface area contributed by atoms with Crippen LogP contribution in [-0.2, 0) is 12.8 Å². The van der Waals surface area contributed by atoms with E-state index in [1.165, 1.54) is 51.2 Å². The Morgan fingerprint density at radius 1 is 0.816 bits per heavy atom. The predicted molar refractivity (Wildman–Crippen MR) is 163 cm³/mol. The highest BCUT2D eigenvalue weighted by Crippen LogP contribution is 2.40. The average molecular weight is 517 g/mol. The van der Waals surface area contributed by atoms with Crippen LogP contribution in [0.5, 0.6) is 0 Å². The number of hydrogen-bond acceptors (Lipinski definition) is 3. The van der Waals surface area contributed by atoms with E-state index in [1.54, 1.807) is 11.3 Å². The highest BCUT2D eigenvalue weighted by atomic mass is 32.1. The van der Waals surface area contributed by atoms with Gasteiger partial charge in [0.2, 0.25) is 0 Å². The maximum absolute atomic E-state index is 13.8. The monoisotopic (exact) mass is 516 g/mol. The van der Waals surface area contributed by atoms with Crippen molar-refractivity contribution in [1.82, 2.24) is 0 Å². The Labute approximate surface area is 228 Å². The van der Waals surface area contributed by atoms with E-state index >= 15 is 0 Å². The number of fused-ring (bicyclic) bond motifs is 3. The van der Waals surface area contributed by atoms with Gasteiger partial charge in [-0.25, -0.2) is 4.99 Å². The summed E-state index contributed by atoms with van der Waals surface area (Å²) in [4.78, 5) is 20.2. The van der Waals surface area contributed by atoms with Crippen molar-refractivity contribution in [3.63, 3.8) is 0 Å². The molecule has 1 heterocycles. The van der Waals surface area contributed by atoms with Gasteiger partial charge in [-0.2, -0.15) is 0 Å². The first kappa shape index (κ1) is 24.6. The third-order valence-electron chi connectivity index (χ3n) is 7.48. The van der Waals surface area contributed by atoms with Crippen LogP contribution in [0, 0.1) is 13.8 Å². The van der Waals surface area contributed by atoms with Crippen molar-refractivity contribution in [1.29, 1.82) is 0 Å². The Morgan fingerprint density at radius 3 is 2.13 bits per heavy atom. The molecule has 4 aromatic carbocycles. The van der Waals surface area contributed by atoms with E-state index in [-0.39, 0.29) is 5.91 Å². The zero-order valence-electron chi connectivity index (χ0n) is 22.0. The number of carbonyl (C=O) groups is 1. The highest BCUT2D eigenvalue weighted by molar-refractivity contribution is 7.16. The number of amides is 1.